The van der Waals surface area contributed by atoms with Crippen molar-refractivity contribution in [2.75, 3.05) is 25.1 Å². The average molecular weight is 340 g/mol. The Bertz CT molecular complexity index is 862. The molecule has 0 fully saturated rings. The van der Waals surface area contributed by atoms with Crippen LogP contribution in [0.4, 0.5) is 5.82 Å². The SMILES string of the molecule is CN(CCO)c1nc(-c2cccnc2)nc2sc3c(c12)CCCC3. The molecule has 0 aliphatic heterocycles. The van der Waals surface area contributed by atoms with Gasteiger partial charge in [-0.2, -0.15) is 0 Å². The number of aromatic nitrogens is 3. The van der Waals surface area contributed by atoms with Crippen LogP contribution in [0.3, 0.4) is 0 Å². The third kappa shape index (κ3) is 2.65. The predicted octanol–water partition coefficient (Wildman–Crippen LogP) is 3.06. The van der Waals surface area contributed by atoms with Crippen LogP contribution in [0, 0.1) is 0 Å². The third-order valence-corrected chi connectivity index (χ3v) is 5.70. The van der Waals surface area contributed by atoms with E-state index in [0.717, 1.165) is 29.1 Å². The van der Waals surface area contributed by atoms with E-state index < -0.39 is 0 Å². The molecule has 3 aromatic heterocycles. The summed E-state index contributed by atoms with van der Waals surface area (Å²) in [5.74, 6) is 1.63. The summed E-state index contributed by atoms with van der Waals surface area (Å²) in [5, 5.41) is 10.5. The van der Waals surface area contributed by atoms with Gasteiger partial charge in [-0.1, -0.05) is 0 Å². The zero-order chi connectivity index (χ0) is 16.5. The van der Waals surface area contributed by atoms with Gasteiger partial charge >= 0.3 is 0 Å². The van der Waals surface area contributed by atoms with Gasteiger partial charge in [-0.3, -0.25) is 4.98 Å². The van der Waals surface area contributed by atoms with Crippen LogP contribution in [-0.4, -0.2) is 40.3 Å². The monoisotopic (exact) mass is 340 g/mol. The number of aryl methyl sites for hydroxylation is 2. The normalized spacial score (nSPS) is 13.9. The predicted molar refractivity (Wildman–Crippen MR) is 97.6 cm³/mol. The third-order valence-electron chi connectivity index (χ3n) is 4.51. The van der Waals surface area contributed by atoms with Gasteiger partial charge in [0.1, 0.15) is 10.6 Å². The Morgan fingerprint density at radius 3 is 2.92 bits per heavy atom. The zero-order valence-corrected chi connectivity index (χ0v) is 14.5. The lowest BCUT2D eigenvalue weighted by Crippen LogP contribution is -2.23. The molecule has 1 aliphatic carbocycles. The Morgan fingerprint density at radius 1 is 1.25 bits per heavy atom. The molecule has 5 nitrogen and oxygen atoms in total. The van der Waals surface area contributed by atoms with Crippen LogP contribution in [-0.2, 0) is 12.8 Å². The zero-order valence-electron chi connectivity index (χ0n) is 13.7. The first-order valence-corrected chi connectivity index (χ1v) is 9.14. The van der Waals surface area contributed by atoms with Gasteiger partial charge in [-0.15, -0.1) is 11.3 Å². The first-order valence-electron chi connectivity index (χ1n) is 8.32. The molecule has 124 valence electrons. The van der Waals surface area contributed by atoms with Gasteiger partial charge < -0.3 is 10.0 Å². The molecular weight excluding hydrogens is 320 g/mol. The Hall–Kier alpha value is -2.05. The first-order chi connectivity index (χ1) is 11.8. The number of rotatable bonds is 4. The molecule has 24 heavy (non-hydrogen) atoms. The van der Waals surface area contributed by atoms with Crippen LogP contribution in [0.25, 0.3) is 21.6 Å². The van der Waals surface area contributed by atoms with E-state index in [9.17, 15) is 5.11 Å². The summed E-state index contributed by atoms with van der Waals surface area (Å²) in [7, 11) is 1.98. The second-order valence-electron chi connectivity index (χ2n) is 6.15. The second-order valence-corrected chi connectivity index (χ2v) is 7.23. The fourth-order valence-corrected chi connectivity index (χ4v) is 4.55. The minimum atomic E-state index is 0.108. The Balaban J connectivity index is 1.94. The summed E-state index contributed by atoms with van der Waals surface area (Å²) in [6, 6.07) is 3.89. The number of hydrogen-bond donors (Lipinski definition) is 1. The molecule has 0 spiro atoms. The maximum Gasteiger partial charge on any atom is 0.164 e. The van der Waals surface area contributed by atoms with E-state index in [1.54, 1.807) is 23.7 Å². The molecule has 1 aliphatic rings. The van der Waals surface area contributed by atoms with Crippen molar-refractivity contribution in [1.29, 1.82) is 0 Å². The first kappa shape index (κ1) is 15.5. The van der Waals surface area contributed by atoms with Gasteiger partial charge in [0.15, 0.2) is 5.82 Å². The average Bonchev–Trinajstić information content (AvgIpc) is 3.00. The van der Waals surface area contributed by atoms with Gasteiger partial charge in [0.05, 0.1) is 12.0 Å². The summed E-state index contributed by atoms with van der Waals surface area (Å²) in [6.07, 6.45) is 8.28. The van der Waals surface area contributed by atoms with Gasteiger partial charge in [0.25, 0.3) is 0 Å². The quantitative estimate of drug-likeness (QED) is 0.791. The van der Waals surface area contributed by atoms with Crippen LogP contribution in [0.15, 0.2) is 24.5 Å². The van der Waals surface area contributed by atoms with Gasteiger partial charge in [-0.25, -0.2) is 9.97 Å². The lowest BCUT2D eigenvalue weighted by atomic mass is 9.97. The van der Waals surface area contributed by atoms with E-state index in [1.807, 2.05) is 24.1 Å². The van der Waals surface area contributed by atoms with E-state index in [4.69, 9.17) is 9.97 Å². The van der Waals surface area contributed by atoms with Crippen molar-refractivity contribution < 1.29 is 5.11 Å². The van der Waals surface area contributed by atoms with Crippen molar-refractivity contribution in [3.05, 3.63) is 35.0 Å². The van der Waals surface area contributed by atoms with Crippen LogP contribution in [0.5, 0.6) is 0 Å². The number of pyridine rings is 1. The summed E-state index contributed by atoms with van der Waals surface area (Å²) in [4.78, 5) is 18.4. The second kappa shape index (κ2) is 6.45. The van der Waals surface area contributed by atoms with E-state index in [2.05, 4.69) is 4.98 Å². The van der Waals surface area contributed by atoms with Crippen LogP contribution in [0.2, 0.25) is 0 Å². The molecule has 0 unspecified atom stereocenters. The smallest absolute Gasteiger partial charge is 0.164 e. The highest BCUT2D eigenvalue weighted by atomic mass is 32.1. The lowest BCUT2D eigenvalue weighted by molar-refractivity contribution is 0.304. The molecule has 0 radical (unpaired) electrons. The molecule has 3 aromatic rings. The maximum atomic E-state index is 9.35. The summed E-state index contributed by atoms with van der Waals surface area (Å²) in [6.45, 7) is 0.666. The molecule has 0 aromatic carbocycles. The molecular formula is C18H20N4OS. The number of likely N-dealkylation sites (N-methyl/N-ethyl adjacent to an activating group) is 1. The maximum absolute atomic E-state index is 9.35. The molecule has 0 bridgehead atoms. The number of anilines is 1. The van der Waals surface area contributed by atoms with E-state index in [-0.39, 0.29) is 6.61 Å². The fraction of sp³-hybridized carbons (Fsp3) is 0.389. The van der Waals surface area contributed by atoms with Gasteiger partial charge in [0.2, 0.25) is 0 Å². The highest BCUT2D eigenvalue weighted by Crippen LogP contribution is 2.40. The van der Waals surface area contributed by atoms with Crippen molar-refractivity contribution in [1.82, 2.24) is 15.0 Å². The number of aliphatic hydroxyl groups is 1. The Labute approximate surface area is 145 Å². The van der Waals surface area contributed by atoms with Crippen molar-refractivity contribution in [2.24, 2.45) is 0 Å². The summed E-state index contributed by atoms with van der Waals surface area (Å²) in [5.41, 5.74) is 2.34. The van der Waals surface area contributed by atoms with Crippen LogP contribution >= 0.6 is 11.3 Å². The van der Waals surface area contributed by atoms with Crippen LogP contribution in [0.1, 0.15) is 23.3 Å². The van der Waals surface area contributed by atoms with E-state index >= 15 is 0 Å². The minimum absolute atomic E-state index is 0.108. The van der Waals surface area contributed by atoms with Gasteiger partial charge in [-0.05, 0) is 43.4 Å². The molecule has 1 N–H and O–H groups in total. The highest BCUT2D eigenvalue weighted by Gasteiger charge is 2.23. The molecule has 0 saturated heterocycles. The number of thiophene rings is 1. The van der Waals surface area contributed by atoms with E-state index in [0.29, 0.717) is 12.4 Å². The van der Waals surface area contributed by atoms with E-state index in [1.165, 1.54) is 28.7 Å². The lowest BCUT2D eigenvalue weighted by Gasteiger charge is -2.20. The minimum Gasteiger partial charge on any atom is -0.395 e. The number of hydrogen-bond acceptors (Lipinski definition) is 6. The van der Waals surface area contributed by atoms with Crippen molar-refractivity contribution in [2.45, 2.75) is 25.7 Å². The molecule has 6 heteroatoms. The van der Waals surface area contributed by atoms with Gasteiger partial charge in [0, 0.05) is 36.4 Å². The molecule has 0 atom stereocenters. The molecule has 0 amide bonds. The van der Waals surface area contributed by atoms with Crippen molar-refractivity contribution in [3.8, 4) is 11.4 Å². The summed E-state index contributed by atoms with van der Waals surface area (Å²) < 4.78 is 0. The highest BCUT2D eigenvalue weighted by molar-refractivity contribution is 7.19. The number of aliphatic hydroxyl groups excluding tert-OH is 1. The molecule has 4 rings (SSSR count). The fourth-order valence-electron chi connectivity index (χ4n) is 3.29. The Kier molecular flexibility index (Phi) is 4.16. The topological polar surface area (TPSA) is 62.1 Å². The number of fused-ring (bicyclic) bond motifs is 3. The van der Waals surface area contributed by atoms with Crippen molar-refractivity contribution >= 4 is 27.4 Å². The standard InChI is InChI=1S/C18H20N4OS/c1-22(9-10-23)17-15-13-6-2-3-7-14(13)24-18(15)21-16(20-17)12-5-4-8-19-11-12/h4-5,8,11,23H,2-3,6-7,9-10H2,1H3. The number of nitrogens with zero attached hydrogens (tertiary/aromatic N) is 4. The molecule has 3 heterocycles. The Morgan fingerprint density at radius 2 is 2.12 bits per heavy atom. The van der Waals surface area contributed by atoms with Crippen LogP contribution < -0.4 is 4.90 Å². The van der Waals surface area contributed by atoms with Crippen molar-refractivity contribution in [3.63, 3.8) is 0 Å². The largest absolute Gasteiger partial charge is 0.395 e. The molecule has 0 saturated carbocycles. The summed E-state index contributed by atoms with van der Waals surface area (Å²) >= 11 is 1.80.